The molecule has 148 valence electrons. The normalized spacial score (nSPS) is 15.3. The Bertz CT molecular complexity index is 792. The third-order valence-corrected chi connectivity index (χ3v) is 4.71. The van der Waals surface area contributed by atoms with Gasteiger partial charge in [0.15, 0.2) is 0 Å². The number of hydrogen-bond acceptors (Lipinski definition) is 3. The van der Waals surface area contributed by atoms with Crippen LogP contribution in [0, 0.1) is 6.92 Å². The Hall–Kier alpha value is -3.02. The molecule has 2 aromatic rings. The molecule has 6 heteroatoms. The van der Waals surface area contributed by atoms with Crippen molar-refractivity contribution >= 4 is 11.9 Å². The molecule has 3 amide bonds. The topological polar surface area (TPSA) is 61.9 Å². The zero-order chi connectivity index (χ0) is 19.9. The van der Waals surface area contributed by atoms with E-state index in [1.54, 1.807) is 9.80 Å². The number of nitrogens with zero attached hydrogens (tertiary/aromatic N) is 2. The molecule has 1 aliphatic rings. The predicted octanol–water partition coefficient (Wildman–Crippen LogP) is 2.82. The van der Waals surface area contributed by atoms with Gasteiger partial charge in [-0.15, -0.1) is 0 Å². The van der Waals surface area contributed by atoms with E-state index < -0.39 is 0 Å². The van der Waals surface area contributed by atoms with Crippen molar-refractivity contribution < 1.29 is 14.3 Å². The zero-order valence-electron chi connectivity index (χ0n) is 16.4. The molecule has 1 aliphatic heterocycles. The van der Waals surface area contributed by atoms with Crippen LogP contribution in [0.3, 0.4) is 0 Å². The van der Waals surface area contributed by atoms with Crippen molar-refractivity contribution in [3.05, 3.63) is 65.7 Å². The molecule has 0 aromatic heterocycles. The molecule has 1 heterocycles. The van der Waals surface area contributed by atoms with E-state index in [0.29, 0.717) is 26.2 Å². The monoisotopic (exact) mass is 381 g/mol. The van der Waals surface area contributed by atoms with Crippen molar-refractivity contribution in [2.45, 2.75) is 26.4 Å². The number of benzene rings is 2. The highest BCUT2D eigenvalue weighted by atomic mass is 16.5. The van der Waals surface area contributed by atoms with Crippen LogP contribution < -0.4 is 10.1 Å². The molecule has 0 unspecified atom stereocenters. The number of nitrogens with one attached hydrogen (secondary N) is 1. The molecule has 0 saturated carbocycles. The number of carbonyl (C=O) groups is 2. The van der Waals surface area contributed by atoms with Crippen molar-refractivity contribution in [2.75, 3.05) is 26.2 Å². The molecule has 1 atom stereocenters. The standard InChI is InChI=1S/C22H27N3O3/c1-17-8-10-20(11-9-17)28-16-18(2)23-22(27)25-13-12-24(21(26)15-25)14-19-6-4-3-5-7-19/h3-11,18H,12-16H2,1-2H3,(H,23,27)/t18-/m0/s1. The lowest BCUT2D eigenvalue weighted by molar-refractivity contribution is -0.135. The van der Waals surface area contributed by atoms with Crippen LogP contribution in [-0.2, 0) is 11.3 Å². The van der Waals surface area contributed by atoms with E-state index in [-0.39, 0.29) is 24.5 Å². The summed E-state index contributed by atoms with van der Waals surface area (Å²) in [6, 6.07) is 17.3. The fourth-order valence-electron chi connectivity index (χ4n) is 3.05. The number of amides is 3. The molecule has 1 N–H and O–H groups in total. The van der Waals surface area contributed by atoms with E-state index in [1.165, 1.54) is 5.56 Å². The smallest absolute Gasteiger partial charge is 0.318 e. The lowest BCUT2D eigenvalue weighted by Gasteiger charge is -2.35. The van der Waals surface area contributed by atoms with Crippen LogP contribution in [0.2, 0.25) is 0 Å². The van der Waals surface area contributed by atoms with Crippen molar-refractivity contribution in [3.63, 3.8) is 0 Å². The van der Waals surface area contributed by atoms with Gasteiger partial charge in [-0.3, -0.25) is 4.79 Å². The van der Waals surface area contributed by atoms with Crippen LogP contribution in [0.15, 0.2) is 54.6 Å². The van der Waals surface area contributed by atoms with Gasteiger partial charge in [0.25, 0.3) is 0 Å². The second kappa shape index (κ2) is 9.26. The van der Waals surface area contributed by atoms with Crippen molar-refractivity contribution in [1.82, 2.24) is 15.1 Å². The third kappa shape index (κ3) is 5.49. The molecule has 0 radical (unpaired) electrons. The van der Waals surface area contributed by atoms with Gasteiger partial charge in [0, 0.05) is 19.6 Å². The summed E-state index contributed by atoms with van der Waals surface area (Å²) >= 11 is 0. The van der Waals surface area contributed by atoms with Crippen LogP contribution >= 0.6 is 0 Å². The summed E-state index contributed by atoms with van der Waals surface area (Å²) in [7, 11) is 0. The van der Waals surface area contributed by atoms with Gasteiger partial charge in [-0.05, 0) is 31.5 Å². The first-order chi connectivity index (χ1) is 13.5. The number of carbonyl (C=O) groups excluding carboxylic acids is 2. The molecule has 0 spiro atoms. The average Bonchev–Trinajstić information content (AvgIpc) is 2.70. The van der Waals surface area contributed by atoms with E-state index in [1.807, 2.05) is 68.4 Å². The molecule has 6 nitrogen and oxygen atoms in total. The second-order valence-electron chi connectivity index (χ2n) is 7.20. The summed E-state index contributed by atoms with van der Waals surface area (Å²) in [5.74, 6) is 0.741. The van der Waals surface area contributed by atoms with Crippen LogP contribution in [0.5, 0.6) is 5.75 Å². The van der Waals surface area contributed by atoms with Gasteiger partial charge in [-0.2, -0.15) is 0 Å². The molecular formula is C22H27N3O3. The van der Waals surface area contributed by atoms with Gasteiger partial charge in [0.2, 0.25) is 5.91 Å². The van der Waals surface area contributed by atoms with Gasteiger partial charge in [-0.1, -0.05) is 48.0 Å². The highest BCUT2D eigenvalue weighted by molar-refractivity contribution is 5.85. The largest absolute Gasteiger partial charge is 0.491 e. The number of ether oxygens (including phenoxy) is 1. The maximum absolute atomic E-state index is 12.5. The zero-order valence-corrected chi connectivity index (χ0v) is 16.4. The minimum Gasteiger partial charge on any atom is -0.491 e. The van der Waals surface area contributed by atoms with Crippen molar-refractivity contribution in [2.24, 2.45) is 0 Å². The number of urea groups is 1. The summed E-state index contributed by atoms with van der Waals surface area (Å²) in [5.41, 5.74) is 2.26. The van der Waals surface area contributed by atoms with Crippen LogP contribution in [0.1, 0.15) is 18.1 Å². The summed E-state index contributed by atoms with van der Waals surface area (Å²) in [6.45, 7) is 6.02. The molecule has 28 heavy (non-hydrogen) atoms. The molecule has 1 fully saturated rings. The highest BCUT2D eigenvalue weighted by Crippen LogP contribution is 2.12. The van der Waals surface area contributed by atoms with E-state index in [9.17, 15) is 9.59 Å². The first-order valence-corrected chi connectivity index (χ1v) is 9.58. The third-order valence-electron chi connectivity index (χ3n) is 4.71. The summed E-state index contributed by atoms with van der Waals surface area (Å²) in [6.07, 6.45) is 0. The molecular weight excluding hydrogens is 354 g/mol. The van der Waals surface area contributed by atoms with Gasteiger partial charge in [-0.25, -0.2) is 4.79 Å². The lowest BCUT2D eigenvalue weighted by atomic mass is 10.2. The second-order valence-corrected chi connectivity index (χ2v) is 7.20. The predicted molar refractivity (Wildman–Crippen MR) is 108 cm³/mol. The SMILES string of the molecule is Cc1ccc(OC[C@H](C)NC(=O)N2CCN(Cc3ccccc3)C(=O)C2)cc1. The number of piperazine rings is 1. The van der Waals surface area contributed by atoms with Gasteiger partial charge >= 0.3 is 6.03 Å². The Morgan fingerprint density at radius 1 is 1.11 bits per heavy atom. The first kappa shape index (κ1) is 19.7. The minimum atomic E-state index is -0.229. The van der Waals surface area contributed by atoms with Crippen LogP contribution in [-0.4, -0.2) is 54.0 Å². The van der Waals surface area contributed by atoms with Gasteiger partial charge in [0.05, 0.1) is 6.04 Å². The van der Waals surface area contributed by atoms with E-state index in [4.69, 9.17) is 4.74 Å². The summed E-state index contributed by atoms with van der Waals surface area (Å²) in [4.78, 5) is 28.2. The quantitative estimate of drug-likeness (QED) is 0.837. The molecule has 3 rings (SSSR count). The molecule has 0 bridgehead atoms. The Labute approximate surface area is 166 Å². The lowest BCUT2D eigenvalue weighted by Crippen LogP contribution is -2.55. The molecule has 0 aliphatic carbocycles. The average molecular weight is 381 g/mol. The van der Waals surface area contributed by atoms with Crippen LogP contribution in [0.4, 0.5) is 4.79 Å². The highest BCUT2D eigenvalue weighted by Gasteiger charge is 2.27. The van der Waals surface area contributed by atoms with Crippen LogP contribution in [0.25, 0.3) is 0 Å². The molecule has 1 saturated heterocycles. The Balaban J connectivity index is 1.43. The van der Waals surface area contributed by atoms with E-state index in [2.05, 4.69) is 5.32 Å². The molecule has 2 aromatic carbocycles. The first-order valence-electron chi connectivity index (χ1n) is 9.58. The van der Waals surface area contributed by atoms with E-state index in [0.717, 1.165) is 11.3 Å². The van der Waals surface area contributed by atoms with Gasteiger partial charge in [0.1, 0.15) is 18.9 Å². The summed E-state index contributed by atoms with van der Waals surface area (Å²) in [5, 5.41) is 2.91. The Morgan fingerprint density at radius 3 is 2.50 bits per heavy atom. The van der Waals surface area contributed by atoms with Crippen molar-refractivity contribution in [3.8, 4) is 5.75 Å². The van der Waals surface area contributed by atoms with E-state index >= 15 is 0 Å². The summed E-state index contributed by atoms with van der Waals surface area (Å²) < 4.78 is 5.71. The maximum Gasteiger partial charge on any atom is 0.318 e. The number of rotatable bonds is 6. The minimum absolute atomic E-state index is 0.0335. The maximum atomic E-state index is 12.5. The van der Waals surface area contributed by atoms with Crippen molar-refractivity contribution in [1.29, 1.82) is 0 Å². The fourth-order valence-corrected chi connectivity index (χ4v) is 3.05. The van der Waals surface area contributed by atoms with Gasteiger partial charge < -0.3 is 19.9 Å². The number of hydrogen-bond donors (Lipinski definition) is 1. The number of aryl methyl sites for hydroxylation is 1. The Morgan fingerprint density at radius 2 is 1.82 bits per heavy atom. The Kier molecular flexibility index (Phi) is 6.53. The fraction of sp³-hybridized carbons (Fsp3) is 0.364.